The molecule has 0 atom stereocenters. The van der Waals surface area contributed by atoms with Crippen LogP contribution in [0.2, 0.25) is 5.02 Å². The third-order valence-electron chi connectivity index (χ3n) is 3.76. The fourth-order valence-electron chi connectivity index (χ4n) is 2.37. The van der Waals surface area contributed by atoms with Crippen molar-refractivity contribution in [1.29, 1.82) is 0 Å². The summed E-state index contributed by atoms with van der Waals surface area (Å²) in [6.07, 6.45) is 1.13. The fraction of sp³-hybridized carbons (Fsp3) is 0.350. The fourth-order valence-corrected chi connectivity index (χ4v) is 3.16. The summed E-state index contributed by atoms with van der Waals surface area (Å²) in [6, 6.07) is 9.08. The summed E-state index contributed by atoms with van der Waals surface area (Å²) in [5.41, 5.74) is 1.72. The van der Waals surface area contributed by atoms with Gasteiger partial charge in [-0.1, -0.05) is 31.5 Å². The quantitative estimate of drug-likeness (QED) is 0.374. The summed E-state index contributed by atoms with van der Waals surface area (Å²) in [4.78, 5) is 11.7. The minimum atomic E-state index is -0.309. The Morgan fingerprint density at radius 2 is 1.81 bits per heavy atom. The minimum absolute atomic E-state index is 0.183. The van der Waals surface area contributed by atoms with E-state index in [0.717, 1.165) is 16.5 Å². The van der Waals surface area contributed by atoms with Crippen LogP contribution >= 0.6 is 27.5 Å². The van der Waals surface area contributed by atoms with Gasteiger partial charge in [-0.2, -0.15) is 0 Å². The molecule has 0 heterocycles. The van der Waals surface area contributed by atoms with E-state index in [-0.39, 0.29) is 12.6 Å². The Bertz CT molecular complexity index is 777. The molecule has 0 saturated carbocycles. The lowest BCUT2D eigenvalue weighted by atomic mass is 10.1. The first kappa shape index (κ1) is 20.6. The predicted octanol–water partition coefficient (Wildman–Crippen LogP) is 5.96. The van der Waals surface area contributed by atoms with Gasteiger partial charge in [-0.25, -0.2) is 0 Å². The normalized spacial score (nSPS) is 10.5. The Labute approximate surface area is 167 Å². The molecule has 0 spiro atoms. The standard InChI is InChI=1S/C20H22BrClO4/c1-4-13-10-15(21)19(11-16(13)22)25-12-14-17(24-6-3)8-7-9-18(14)26-20(23)5-2/h7-11H,4-6,12H2,1-3H3. The smallest absolute Gasteiger partial charge is 0.310 e. The van der Waals surface area contributed by atoms with Crippen LogP contribution in [0.15, 0.2) is 34.8 Å². The molecule has 140 valence electrons. The summed E-state index contributed by atoms with van der Waals surface area (Å²) in [6.45, 7) is 6.37. The molecular formula is C20H22BrClO4. The van der Waals surface area contributed by atoms with Gasteiger partial charge in [-0.05, 0) is 53.0 Å². The first-order valence-corrected chi connectivity index (χ1v) is 9.73. The molecule has 2 rings (SSSR count). The number of halogens is 2. The lowest BCUT2D eigenvalue weighted by Gasteiger charge is -2.16. The van der Waals surface area contributed by atoms with Gasteiger partial charge in [0.15, 0.2) is 0 Å². The largest absolute Gasteiger partial charge is 0.493 e. The van der Waals surface area contributed by atoms with Crippen molar-refractivity contribution in [2.24, 2.45) is 0 Å². The van der Waals surface area contributed by atoms with Crippen molar-refractivity contribution in [3.05, 3.63) is 51.0 Å². The summed E-state index contributed by atoms with van der Waals surface area (Å²) in [7, 11) is 0. The summed E-state index contributed by atoms with van der Waals surface area (Å²) in [5.74, 6) is 1.37. The van der Waals surface area contributed by atoms with E-state index in [2.05, 4.69) is 15.9 Å². The first-order chi connectivity index (χ1) is 12.5. The molecule has 2 aromatic carbocycles. The Hall–Kier alpha value is -1.72. The molecule has 0 bridgehead atoms. The van der Waals surface area contributed by atoms with Gasteiger partial charge in [-0.3, -0.25) is 4.79 Å². The Morgan fingerprint density at radius 1 is 1.08 bits per heavy atom. The van der Waals surface area contributed by atoms with E-state index in [1.807, 2.05) is 26.0 Å². The van der Waals surface area contributed by atoms with Crippen LogP contribution in [0.3, 0.4) is 0 Å². The van der Waals surface area contributed by atoms with Crippen molar-refractivity contribution < 1.29 is 19.0 Å². The molecule has 4 nitrogen and oxygen atoms in total. The van der Waals surface area contributed by atoms with E-state index in [9.17, 15) is 4.79 Å². The average molecular weight is 442 g/mol. The maximum absolute atomic E-state index is 11.7. The number of hydrogen-bond acceptors (Lipinski definition) is 4. The highest BCUT2D eigenvalue weighted by molar-refractivity contribution is 9.10. The Kier molecular flexibility index (Phi) is 7.79. The van der Waals surface area contributed by atoms with Gasteiger partial charge < -0.3 is 14.2 Å². The molecular weight excluding hydrogens is 420 g/mol. The molecule has 0 aromatic heterocycles. The summed E-state index contributed by atoms with van der Waals surface area (Å²) >= 11 is 9.80. The van der Waals surface area contributed by atoms with Gasteiger partial charge in [-0.15, -0.1) is 0 Å². The van der Waals surface area contributed by atoms with Crippen LogP contribution < -0.4 is 14.2 Å². The number of carbonyl (C=O) groups excluding carboxylic acids is 1. The van der Waals surface area contributed by atoms with Crippen molar-refractivity contribution in [3.63, 3.8) is 0 Å². The second-order valence-corrected chi connectivity index (χ2v) is 6.77. The molecule has 0 N–H and O–H groups in total. The molecule has 0 unspecified atom stereocenters. The average Bonchev–Trinajstić information content (AvgIpc) is 2.63. The summed E-state index contributed by atoms with van der Waals surface area (Å²) in [5, 5.41) is 0.654. The van der Waals surface area contributed by atoms with E-state index in [0.29, 0.717) is 40.9 Å². The number of ether oxygens (including phenoxy) is 3. The van der Waals surface area contributed by atoms with Crippen LogP contribution in [-0.2, 0) is 17.8 Å². The van der Waals surface area contributed by atoms with Crippen molar-refractivity contribution in [2.45, 2.75) is 40.2 Å². The maximum atomic E-state index is 11.7. The molecule has 6 heteroatoms. The second kappa shape index (κ2) is 9.83. The van der Waals surface area contributed by atoms with Crippen LogP contribution in [0, 0.1) is 0 Å². The number of esters is 1. The molecule has 26 heavy (non-hydrogen) atoms. The van der Waals surface area contributed by atoms with Crippen molar-refractivity contribution in [1.82, 2.24) is 0 Å². The van der Waals surface area contributed by atoms with Crippen LogP contribution in [0.4, 0.5) is 0 Å². The number of aryl methyl sites for hydroxylation is 1. The monoisotopic (exact) mass is 440 g/mol. The van der Waals surface area contributed by atoms with E-state index < -0.39 is 0 Å². The second-order valence-electron chi connectivity index (χ2n) is 5.51. The predicted molar refractivity (Wildman–Crippen MR) is 106 cm³/mol. The first-order valence-electron chi connectivity index (χ1n) is 8.56. The van der Waals surface area contributed by atoms with Gasteiger partial charge in [0.2, 0.25) is 0 Å². The van der Waals surface area contributed by atoms with Gasteiger partial charge in [0, 0.05) is 17.5 Å². The Morgan fingerprint density at radius 3 is 2.46 bits per heavy atom. The molecule has 0 amide bonds. The molecule has 0 aliphatic rings. The molecule has 0 saturated heterocycles. The van der Waals surface area contributed by atoms with Crippen molar-refractivity contribution >= 4 is 33.5 Å². The molecule has 0 aliphatic heterocycles. The van der Waals surface area contributed by atoms with Crippen LogP contribution in [-0.4, -0.2) is 12.6 Å². The lowest BCUT2D eigenvalue weighted by Crippen LogP contribution is -2.10. The SMILES string of the molecule is CCOc1cccc(OC(=O)CC)c1COc1cc(Cl)c(CC)cc1Br. The van der Waals surface area contributed by atoms with E-state index in [1.54, 1.807) is 25.1 Å². The lowest BCUT2D eigenvalue weighted by molar-refractivity contribution is -0.134. The highest BCUT2D eigenvalue weighted by atomic mass is 79.9. The van der Waals surface area contributed by atoms with Gasteiger partial charge in [0.1, 0.15) is 23.9 Å². The molecule has 0 aliphatic carbocycles. The molecule has 2 aromatic rings. The van der Waals surface area contributed by atoms with Gasteiger partial charge in [0.25, 0.3) is 0 Å². The van der Waals surface area contributed by atoms with Crippen molar-refractivity contribution in [3.8, 4) is 17.2 Å². The van der Waals surface area contributed by atoms with Crippen LogP contribution in [0.5, 0.6) is 17.2 Å². The number of benzene rings is 2. The van der Waals surface area contributed by atoms with Crippen LogP contribution in [0.25, 0.3) is 0 Å². The van der Waals surface area contributed by atoms with Crippen molar-refractivity contribution in [2.75, 3.05) is 6.61 Å². The maximum Gasteiger partial charge on any atom is 0.310 e. The minimum Gasteiger partial charge on any atom is -0.493 e. The zero-order valence-corrected chi connectivity index (χ0v) is 17.4. The van der Waals surface area contributed by atoms with E-state index >= 15 is 0 Å². The van der Waals surface area contributed by atoms with Gasteiger partial charge >= 0.3 is 5.97 Å². The zero-order valence-electron chi connectivity index (χ0n) is 15.1. The van der Waals surface area contributed by atoms with Crippen LogP contribution in [0.1, 0.15) is 38.3 Å². The Balaban J connectivity index is 2.30. The third kappa shape index (κ3) is 5.15. The number of carbonyl (C=O) groups is 1. The topological polar surface area (TPSA) is 44.8 Å². The van der Waals surface area contributed by atoms with E-state index in [1.165, 1.54) is 0 Å². The summed E-state index contributed by atoms with van der Waals surface area (Å²) < 4.78 is 17.8. The zero-order chi connectivity index (χ0) is 19.1. The highest BCUT2D eigenvalue weighted by Crippen LogP contribution is 2.35. The highest BCUT2D eigenvalue weighted by Gasteiger charge is 2.15. The van der Waals surface area contributed by atoms with E-state index in [4.69, 9.17) is 25.8 Å². The van der Waals surface area contributed by atoms with Gasteiger partial charge in [0.05, 0.1) is 16.6 Å². The number of hydrogen-bond donors (Lipinski definition) is 0. The molecule has 0 radical (unpaired) electrons. The molecule has 0 fully saturated rings. The number of rotatable bonds is 8. The third-order valence-corrected chi connectivity index (χ3v) is 4.73.